The summed E-state index contributed by atoms with van der Waals surface area (Å²) in [5.74, 6) is 2.55. The highest BCUT2D eigenvalue weighted by atomic mass is 16.5. The first-order valence-corrected chi connectivity index (χ1v) is 9.25. The first kappa shape index (κ1) is 18.0. The van der Waals surface area contributed by atoms with Crippen LogP contribution in [0.5, 0.6) is 11.5 Å². The van der Waals surface area contributed by atoms with Crippen LogP contribution < -0.4 is 10.1 Å². The highest BCUT2D eigenvalue weighted by Crippen LogP contribution is 2.28. The SMILES string of the molecule is CN(C)CCNc1ccnc2c(-c3ccc(Oc4ccccc4)cc3)cnn12. The smallest absolute Gasteiger partial charge is 0.165 e. The van der Waals surface area contributed by atoms with Crippen molar-refractivity contribution in [1.29, 1.82) is 0 Å². The predicted molar refractivity (Wildman–Crippen MR) is 112 cm³/mol. The first-order valence-electron chi connectivity index (χ1n) is 9.25. The van der Waals surface area contributed by atoms with Crippen molar-refractivity contribution in [3.05, 3.63) is 73.1 Å². The topological polar surface area (TPSA) is 54.7 Å². The quantitative estimate of drug-likeness (QED) is 0.527. The Balaban J connectivity index is 1.55. The summed E-state index contributed by atoms with van der Waals surface area (Å²) in [5, 5.41) is 7.95. The van der Waals surface area contributed by atoms with Gasteiger partial charge in [-0.1, -0.05) is 30.3 Å². The second-order valence-electron chi connectivity index (χ2n) is 6.79. The molecule has 0 aliphatic carbocycles. The molecule has 0 saturated carbocycles. The lowest BCUT2D eigenvalue weighted by Crippen LogP contribution is -2.21. The average Bonchev–Trinajstić information content (AvgIpc) is 3.14. The fourth-order valence-corrected chi connectivity index (χ4v) is 2.96. The van der Waals surface area contributed by atoms with Gasteiger partial charge >= 0.3 is 0 Å². The van der Waals surface area contributed by atoms with Crippen molar-refractivity contribution in [2.24, 2.45) is 0 Å². The fraction of sp³-hybridized carbons (Fsp3) is 0.182. The van der Waals surface area contributed by atoms with Gasteiger partial charge in [0.25, 0.3) is 0 Å². The van der Waals surface area contributed by atoms with Gasteiger partial charge in [-0.05, 0) is 50.0 Å². The van der Waals surface area contributed by atoms with Gasteiger partial charge in [0.05, 0.1) is 6.20 Å². The lowest BCUT2D eigenvalue weighted by atomic mass is 10.1. The molecule has 0 saturated heterocycles. The van der Waals surface area contributed by atoms with Crippen molar-refractivity contribution in [2.45, 2.75) is 0 Å². The standard InChI is InChI=1S/C22H23N5O/c1-26(2)15-14-23-21-12-13-24-22-20(16-25-27(21)22)17-8-10-19(11-9-17)28-18-6-4-3-5-7-18/h3-13,16,23H,14-15H2,1-2H3. The summed E-state index contributed by atoms with van der Waals surface area (Å²) in [4.78, 5) is 6.67. The Kier molecular flexibility index (Phi) is 5.21. The fourth-order valence-electron chi connectivity index (χ4n) is 2.96. The zero-order valence-electron chi connectivity index (χ0n) is 16.0. The summed E-state index contributed by atoms with van der Waals surface area (Å²) in [7, 11) is 4.11. The van der Waals surface area contributed by atoms with E-state index in [-0.39, 0.29) is 0 Å². The highest BCUT2D eigenvalue weighted by Gasteiger charge is 2.11. The van der Waals surface area contributed by atoms with Gasteiger partial charge in [0.15, 0.2) is 5.65 Å². The number of hydrogen-bond donors (Lipinski definition) is 1. The van der Waals surface area contributed by atoms with E-state index >= 15 is 0 Å². The van der Waals surface area contributed by atoms with Crippen LogP contribution in [0.1, 0.15) is 0 Å². The Bertz CT molecular complexity index is 1040. The van der Waals surface area contributed by atoms with E-state index in [4.69, 9.17) is 4.74 Å². The van der Waals surface area contributed by atoms with Crippen LogP contribution in [0.3, 0.4) is 0 Å². The van der Waals surface area contributed by atoms with Gasteiger partial charge in [0.1, 0.15) is 17.3 Å². The number of hydrogen-bond acceptors (Lipinski definition) is 5. The van der Waals surface area contributed by atoms with E-state index in [2.05, 4.69) is 34.4 Å². The van der Waals surface area contributed by atoms with E-state index in [1.54, 1.807) is 0 Å². The van der Waals surface area contributed by atoms with Crippen LogP contribution >= 0.6 is 0 Å². The Morgan fingerprint density at radius 2 is 1.71 bits per heavy atom. The van der Waals surface area contributed by atoms with Crippen LogP contribution in [-0.4, -0.2) is 46.7 Å². The Morgan fingerprint density at radius 3 is 2.46 bits per heavy atom. The highest BCUT2D eigenvalue weighted by molar-refractivity contribution is 5.78. The van der Waals surface area contributed by atoms with Crippen LogP contribution in [0, 0.1) is 0 Å². The van der Waals surface area contributed by atoms with Crippen molar-refractivity contribution in [2.75, 3.05) is 32.5 Å². The van der Waals surface area contributed by atoms with Crippen LogP contribution in [0.4, 0.5) is 5.82 Å². The van der Waals surface area contributed by atoms with Crippen molar-refractivity contribution in [3.8, 4) is 22.6 Å². The van der Waals surface area contributed by atoms with Gasteiger partial charge in [-0.2, -0.15) is 9.61 Å². The molecule has 142 valence electrons. The number of benzene rings is 2. The van der Waals surface area contributed by atoms with E-state index in [1.165, 1.54) is 0 Å². The summed E-state index contributed by atoms with van der Waals surface area (Å²) in [5.41, 5.74) is 2.86. The minimum absolute atomic E-state index is 0.797. The summed E-state index contributed by atoms with van der Waals surface area (Å²) in [6, 6.07) is 19.7. The van der Waals surface area contributed by atoms with Gasteiger partial charge in [-0.25, -0.2) is 4.98 Å². The van der Waals surface area contributed by atoms with Crippen LogP contribution in [0.2, 0.25) is 0 Å². The molecule has 0 fully saturated rings. The molecule has 2 aromatic heterocycles. The molecule has 0 radical (unpaired) electrons. The van der Waals surface area contributed by atoms with E-state index in [0.29, 0.717) is 0 Å². The van der Waals surface area contributed by atoms with E-state index in [9.17, 15) is 0 Å². The molecule has 0 spiro atoms. The summed E-state index contributed by atoms with van der Waals surface area (Å²) >= 11 is 0. The number of nitrogens with zero attached hydrogens (tertiary/aromatic N) is 4. The second-order valence-corrected chi connectivity index (χ2v) is 6.79. The average molecular weight is 373 g/mol. The molecule has 2 aromatic carbocycles. The third-order valence-corrected chi connectivity index (χ3v) is 4.41. The monoisotopic (exact) mass is 373 g/mol. The number of anilines is 1. The van der Waals surface area contributed by atoms with Crippen LogP contribution in [0.15, 0.2) is 73.1 Å². The molecule has 6 heteroatoms. The lowest BCUT2D eigenvalue weighted by Gasteiger charge is -2.12. The normalized spacial score (nSPS) is 11.1. The minimum atomic E-state index is 0.797. The number of rotatable bonds is 7. The number of aromatic nitrogens is 3. The van der Waals surface area contributed by atoms with Gasteiger partial charge in [-0.3, -0.25) is 0 Å². The molecule has 0 aliphatic heterocycles. The Morgan fingerprint density at radius 1 is 0.964 bits per heavy atom. The van der Waals surface area contributed by atoms with Crippen molar-refractivity contribution in [3.63, 3.8) is 0 Å². The second kappa shape index (κ2) is 8.10. The largest absolute Gasteiger partial charge is 0.457 e. The first-order chi connectivity index (χ1) is 13.7. The van der Waals surface area contributed by atoms with E-state index in [1.807, 2.05) is 77.6 Å². The number of ether oxygens (including phenoxy) is 1. The van der Waals surface area contributed by atoms with Gasteiger partial charge in [0.2, 0.25) is 0 Å². The molecule has 2 heterocycles. The maximum Gasteiger partial charge on any atom is 0.165 e. The maximum atomic E-state index is 5.87. The third-order valence-electron chi connectivity index (χ3n) is 4.41. The lowest BCUT2D eigenvalue weighted by molar-refractivity contribution is 0.425. The minimum Gasteiger partial charge on any atom is -0.457 e. The summed E-state index contributed by atoms with van der Waals surface area (Å²) in [6.07, 6.45) is 3.66. The number of para-hydroxylation sites is 1. The molecular formula is C22H23N5O. The molecule has 4 rings (SSSR count). The van der Waals surface area contributed by atoms with E-state index in [0.717, 1.165) is 47.2 Å². The summed E-state index contributed by atoms with van der Waals surface area (Å²) < 4.78 is 7.72. The van der Waals surface area contributed by atoms with Gasteiger partial charge in [-0.15, -0.1) is 0 Å². The molecule has 0 amide bonds. The number of likely N-dealkylation sites (N-methyl/N-ethyl adjacent to an activating group) is 1. The zero-order chi connectivity index (χ0) is 19.3. The van der Waals surface area contributed by atoms with Gasteiger partial charge in [0, 0.05) is 24.8 Å². The van der Waals surface area contributed by atoms with Crippen molar-refractivity contribution >= 4 is 11.5 Å². The zero-order valence-corrected chi connectivity index (χ0v) is 16.0. The van der Waals surface area contributed by atoms with Crippen LogP contribution in [-0.2, 0) is 0 Å². The molecular weight excluding hydrogens is 350 g/mol. The molecule has 0 aliphatic rings. The molecule has 6 nitrogen and oxygen atoms in total. The number of nitrogens with one attached hydrogen (secondary N) is 1. The molecule has 0 bridgehead atoms. The molecule has 1 N–H and O–H groups in total. The molecule has 28 heavy (non-hydrogen) atoms. The Hall–Kier alpha value is -3.38. The predicted octanol–water partition coefficient (Wildman–Crippen LogP) is 4.16. The Labute approximate surface area is 164 Å². The van der Waals surface area contributed by atoms with Crippen molar-refractivity contribution in [1.82, 2.24) is 19.5 Å². The summed E-state index contributed by atoms with van der Waals surface area (Å²) in [6.45, 7) is 1.79. The molecule has 0 unspecified atom stereocenters. The van der Waals surface area contributed by atoms with Gasteiger partial charge < -0.3 is 15.0 Å². The van der Waals surface area contributed by atoms with E-state index < -0.39 is 0 Å². The third kappa shape index (κ3) is 3.97. The molecule has 0 atom stereocenters. The van der Waals surface area contributed by atoms with Crippen molar-refractivity contribution < 1.29 is 4.74 Å². The number of fused-ring (bicyclic) bond motifs is 1. The molecule has 4 aromatic rings. The van der Waals surface area contributed by atoms with Crippen LogP contribution in [0.25, 0.3) is 16.8 Å². The maximum absolute atomic E-state index is 5.87.